The van der Waals surface area contributed by atoms with Gasteiger partial charge in [-0.1, -0.05) is 388 Å². The molecule has 0 bridgehead atoms. The summed E-state index contributed by atoms with van der Waals surface area (Å²) in [7, 11) is 0. The van der Waals surface area contributed by atoms with Crippen LogP contribution in [0.3, 0.4) is 0 Å². The van der Waals surface area contributed by atoms with Crippen LogP contribution in [0.15, 0.2) is 461 Å². The third kappa shape index (κ3) is 12.6. The highest BCUT2D eigenvalue weighted by Crippen LogP contribution is 2.63. The van der Waals surface area contributed by atoms with Crippen molar-refractivity contribution in [3.05, 3.63) is 461 Å². The highest BCUT2D eigenvalue weighted by molar-refractivity contribution is 6.31. The second kappa shape index (κ2) is 30.5. The Morgan fingerprint density at radius 2 is 0.241 bits per heavy atom. The Bertz CT molecular complexity index is 5810. The van der Waals surface area contributed by atoms with Crippen LogP contribution in [0, 0.1) is 0 Å². The van der Waals surface area contributed by atoms with Gasteiger partial charge < -0.3 is 9.80 Å². The van der Waals surface area contributed by atoms with Gasteiger partial charge in [0.1, 0.15) is 0 Å². The Labute approximate surface area is 655 Å². The fourth-order valence-electron chi connectivity index (χ4n) is 17.2. The summed E-state index contributed by atoms with van der Waals surface area (Å²) in [5.41, 5.74) is 32.9. The van der Waals surface area contributed by atoms with Crippen LogP contribution in [-0.2, 0) is 0 Å². The minimum atomic E-state index is 1.00. The molecule has 0 amide bonds. The van der Waals surface area contributed by atoms with Crippen LogP contribution in [-0.4, -0.2) is 0 Å². The van der Waals surface area contributed by atoms with E-state index >= 15 is 0 Å². The summed E-state index contributed by atoms with van der Waals surface area (Å²) in [4.78, 5) is 4.88. The summed E-state index contributed by atoms with van der Waals surface area (Å²) in [6.45, 7) is 0. The average Bonchev–Trinajstić information content (AvgIpc) is 0.690. The van der Waals surface area contributed by atoms with Crippen LogP contribution in [0.1, 0.15) is 0 Å². The Kier molecular flexibility index (Phi) is 18.5. The normalized spacial score (nSPS) is 11.2. The molecule has 0 fully saturated rings. The molecule has 0 unspecified atom stereocenters. The van der Waals surface area contributed by atoms with Crippen molar-refractivity contribution in [3.8, 4) is 134 Å². The van der Waals surface area contributed by atoms with Crippen LogP contribution < -0.4 is 9.80 Å². The molecular weight excluding hydrogens is 1350 g/mol. The molecular formula is C110H76N2. The lowest BCUT2D eigenvalue weighted by atomic mass is 9.71. The molecule has 19 rings (SSSR count). The second-order valence-electron chi connectivity index (χ2n) is 28.4. The third-order valence-electron chi connectivity index (χ3n) is 21.8. The van der Waals surface area contributed by atoms with Gasteiger partial charge in [-0.2, -0.15) is 0 Å². The largest absolute Gasteiger partial charge is 0.310 e. The van der Waals surface area contributed by atoms with E-state index in [1.54, 1.807) is 0 Å². The monoisotopic (exact) mass is 1420 g/mol. The summed E-state index contributed by atoms with van der Waals surface area (Å²) < 4.78 is 0. The molecule has 0 aliphatic carbocycles. The maximum Gasteiger partial charge on any atom is 0.0468 e. The molecule has 0 heterocycles. The van der Waals surface area contributed by atoms with Crippen molar-refractivity contribution in [1.82, 2.24) is 0 Å². The maximum atomic E-state index is 2.54. The number of fused-ring (bicyclic) bond motifs is 2. The molecule has 0 atom stereocenters. The molecule has 0 saturated carbocycles. The first kappa shape index (κ1) is 67.9. The second-order valence-corrected chi connectivity index (χ2v) is 28.4. The lowest BCUT2D eigenvalue weighted by Gasteiger charge is -2.33. The van der Waals surface area contributed by atoms with Gasteiger partial charge in [0.2, 0.25) is 0 Å². The van der Waals surface area contributed by atoms with E-state index in [1.165, 1.54) is 0 Å². The lowest BCUT2D eigenvalue weighted by Crippen LogP contribution is -2.11. The van der Waals surface area contributed by atoms with E-state index in [-0.39, 0.29) is 0 Å². The molecule has 0 N–H and O–H groups in total. The molecule has 2 nitrogen and oxygen atoms in total. The van der Waals surface area contributed by atoms with E-state index in [1.807, 2.05) is 0 Å². The molecule has 0 spiro atoms. The van der Waals surface area contributed by atoms with E-state index in [9.17, 15) is 0 Å². The summed E-state index contributed by atoms with van der Waals surface area (Å²) in [6, 6.07) is 171. The van der Waals surface area contributed by atoms with Crippen LogP contribution in [0.4, 0.5) is 34.1 Å². The van der Waals surface area contributed by atoms with Crippen molar-refractivity contribution in [2.45, 2.75) is 0 Å². The van der Waals surface area contributed by atoms with Crippen molar-refractivity contribution in [2.24, 2.45) is 0 Å². The topological polar surface area (TPSA) is 6.48 Å². The molecule has 112 heavy (non-hydrogen) atoms. The van der Waals surface area contributed by atoms with Gasteiger partial charge in [-0.25, -0.2) is 0 Å². The third-order valence-corrected chi connectivity index (χ3v) is 21.8. The average molecular weight is 1430 g/mol. The fraction of sp³-hybridized carbons (Fsp3) is 0. The first-order chi connectivity index (χ1) is 55.7. The highest BCUT2D eigenvalue weighted by atomic mass is 15.1. The number of anilines is 6. The molecule has 0 aromatic heterocycles. The predicted molar refractivity (Wildman–Crippen MR) is 476 cm³/mol. The van der Waals surface area contributed by atoms with Gasteiger partial charge in [0.25, 0.3) is 0 Å². The zero-order valence-corrected chi connectivity index (χ0v) is 61.8. The Morgan fingerprint density at radius 1 is 0.0982 bits per heavy atom. The molecule has 0 aliphatic rings. The fourth-order valence-corrected chi connectivity index (χ4v) is 17.2. The molecule has 526 valence electrons. The molecule has 0 aliphatic heterocycles. The number of nitrogens with zero attached hydrogens (tertiary/aromatic N) is 2. The van der Waals surface area contributed by atoms with E-state index < -0.39 is 0 Å². The van der Waals surface area contributed by atoms with Crippen LogP contribution in [0.5, 0.6) is 0 Å². The number of rotatable bonds is 18. The first-order valence-corrected chi connectivity index (χ1v) is 38.6. The first-order valence-electron chi connectivity index (χ1n) is 38.6. The molecule has 0 radical (unpaired) electrons. The van der Waals surface area contributed by atoms with Gasteiger partial charge >= 0.3 is 0 Å². The molecule has 19 aromatic rings. The van der Waals surface area contributed by atoms with Crippen molar-refractivity contribution in [2.75, 3.05) is 9.80 Å². The van der Waals surface area contributed by atoms with Gasteiger partial charge in [0.15, 0.2) is 0 Å². The SMILES string of the molecule is c1ccc(-c2c(-c3ccccc3)c(-c3ccccc3)c(-c3c4ccc(N(c5ccccc5)c5ccccc5)cc4c(-c4c(-c5ccccc5)c(-c5ccccc5)c(-c5ccccc5)c(-c5ccccc5)c4-c4ccccc4)c4ccc(N(c5ccccc5)c5ccccc5)cc34)c(-c3ccccc3)c2-c2ccccc2)cc1. The van der Waals surface area contributed by atoms with Gasteiger partial charge in [0.05, 0.1) is 0 Å². The summed E-state index contributed by atoms with van der Waals surface area (Å²) in [5.74, 6) is 0. The highest BCUT2D eigenvalue weighted by Gasteiger charge is 2.36. The molecule has 19 aromatic carbocycles. The lowest BCUT2D eigenvalue weighted by molar-refractivity contribution is 1.29. The number of para-hydroxylation sites is 4. The van der Waals surface area contributed by atoms with Gasteiger partial charge in [-0.15, -0.1) is 0 Å². The quantitative estimate of drug-likeness (QED) is 0.0790. The van der Waals surface area contributed by atoms with E-state index in [4.69, 9.17) is 0 Å². The van der Waals surface area contributed by atoms with E-state index in [2.05, 4.69) is 471 Å². The number of benzene rings is 19. The smallest absolute Gasteiger partial charge is 0.0468 e. The van der Waals surface area contributed by atoms with E-state index in [0.717, 1.165) is 189 Å². The molecule has 0 saturated heterocycles. The Morgan fingerprint density at radius 3 is 0.402 bits per heavy atom. The van der Waals surface area contributed by atoms with Crippen LogP contribution in [0.2, 0.25) is 0 Å². The van der Waals surface area contributed by atoms with Gasteiger partial charge in [-0.3, -0.25) is 0 Å². The number of hydrogen-bond donors (Lipinski definition) is 0. The summed E-state index contributed by atoms with van der Waals surface area (Å²) in [5, 5.41) is 4.28. The summed E-state index contributed by atoms with van der Waals surface area (Å²) >= 11 is 0. The minimum Gasteiger partial charge on any atom is -0.310 e. The zero-order chi connectivity index (χ0) is 74.5. The minimum absolute atomic E-state index is 1.00. The van der Waals surface area contributed by atoms with Crippen LogP contribution >= 0.6 is 0 Å². The van der Waals surface area contributed by atoms with Crippen molar-refractivity contribution >= 4 is 55.7 Å². The predicted octanol–water partition coefficient (Wildman–Crippen LogP) is 30.9. The zero-order valence-electron chi connectivity index (χ0n) is 61.8. The van der Waals surface area contributed by atoms with Gasteiger partial charge in [-0.05, 0) is 228 Å². The standard InChI is InChI=1S/C110H76N2/c1-15-43-77(44-16-1)97-99(79-47-19-3-20-48-79)103(83-55-27-7-28-56-83)109(104(84-57-29-8-30-58-84)100(97)80-49-21-4-22-50-80)107-93-73-71-92(112(89-67-39-13-40-68-89)90-69-41-14-42-70-90)76-96(93)108(94-74-72-91(75-95(94)107)111(87-63-35-11-36-64-87)88-65-37-12-38-66-88)110-105(85-59-31-9-32-60-85)101(81-51-23-5-24-52-81)98(78-45-17-2-18-46-78)102(82-53-25-6-26-54-82)106(110)86-61-33-10-34-62-86/h1-76H. The Balaban J connectivity index is 1.14. The van der Waals surface area contributed by atoms with Gasteiger partial charge in [0, 0.05) is 34.1 Å². The van der Waals surface area contributed by atoms with Crippen LogP contribution in [0.25, 0.3) is 155 Å². The van der Waals surface area contributed by atoms with Crippen molar-refractivity contribution in [3.63, 3.8) is 0 Å². The Hall–Kier alpha value is -14.7. The molecule has 2 heteroatoms. The van der Waals surface area contributed by atoms with E-state index in [0.29, 0.717) is 0 Å². The van der Waals surface area contributed by atoms with Crippen molar-refractivity contribution < 1.29 is 0 Å². The summed E-state index contributed by atoms with van der Waals surface area (Å²) in [6.07, 6.45) is 0. The maximum absolute atomic E-state index is 2.54. The van der Waals surface area contributed by atoms with Crippen molar-refractivity contribution in [1.29, 1.82) is 0 Å². The number of hydrogen-bond acceptors (Lipinski definition) is 2.